The summed E-state index contributed by atoms with van der Waals surface area (Å²) < 4.78 is 48.0. The van der Waals surface area contributed by atoms with Gasteiger partial charge in [0.05, 0.1) is 28.8 Å². The minimum Gasteiger partial charge on any atom is -0.434 e. The van der Waals surface area contributed by atoms with E-state index in [9.17, 15) is 18.0 Å². The minimum absolute atomic E-state index is 0.0366. The molecule has 1 fully saturated rings. The fraction of sp³-hybridized carbons (Fsp3) is 0.333. The average Bonchev–Trinajstić information content (AvgIpc) is 3.57. The smallest absolute Gasteiger partial charge is 0.387 e. The molecule has 0 spiro atoms. The van der Waals surface area contributed by atoms with E-state index in [2.05, 4.69) is 10.3 Å². The van der Waals surface area contributed by atoms with Gasteiger partial charge in [-0.1, -0.05) is 6.07 Å². The number of hydrogen-bond donors (Lipinski definition) is 1. The zero-order valence-corrected chi connectivity index (χ0v) is 20.4. The van der Waals surface area contributed by atoms with E-state index in [1.165, 1.54) is 12.1 Å². The number of nitrogens with zero attached hydrogens (tertiary/aromatic N) is 5. The Morgan fingerprint density at radius 1 is 1.21 bits per heavy atom. The van der Waals surface area contributed by atoms with E-state index in [1.54, 1.807) is 46.9 Å². The molecule has 3 aromatic heterocycles. The molecule has 11 heteroatoms. The number of ether oxygens (including phenoxy) is 1. The number of carbonyl (C=O) groups is 1. The van der Waals surface area contributed by atoms with Crippen molar-refractivity contribution in [3.8, 4) is 17.0 Å². The third-order valence-corrected chi connectivity index (χ3v) is 7.64. The van der Waals surface area contributed by atoms with Crippen LogP contribution in [0.25, 0.3) is 16.9 Å². The third kappa shape index (κ3) is 3.64. The fourth-order valence-electron chi connectivity index (χ4n) is 5.62. The zero-order valence-electron chi connectivity index (χ0n) is 20.4. The molecule has 194 valence electrons. The average molecular weight is 521 g/mol. The maximum Gasteiger partial charge on any atom is 0.387 e. The molecule has 2 bridgehead atoms. The monoisotopic (exact) mass is 520 g/mol. The zero-order chi connectivity index (χ0) is 26.1. The van der Waals surface area contributed by atoms with E-state index < -0.39 is 18.3 Å². The summed E-state index contributed by atoms with van der Waals surface area (Å²) in [6.45, 7) is -2.67. The van der Waals surface area contributed by atoms with E-state index in [1.807, 2.05) is 0 Å². The maximum absolute atomic E-state index is 14.8. The molecule has 3 aliphatic rings. The number of pyridine rings is 1. The molecule has 2 aliphatic carbocycles. The Kier molecular flexibility index (Phi) is 5.19. The highest BCUT2D eigenvalue weighted by molar-refractivity contribution is 5.98. The molecule has 2 unspecified atom stereocenters. The van der Waals surface area contributed by atoms with Crippen LogP contribution in [-0.2, 0) is 6.54 Å². The van der Waals surface area contributed by atoms with Crippen LogP contribution < -0.4 is 10.1 Å². The Balaban J connectivity index is 1.34. The lowest BCUT2D eigenvalue weighted by molar-refractivity contribution is -0.0506. The number of carbonyl (C=O) groups excluding carboxylic acids is 1. The Bertz CT molecular complexity index is 1600. The van der Waals surface area contributed by atoms with Crippen molar-refractivity contribution < 1.29 is 22.7 Å². The van der Waals surface area contributed by atoms with Crippen molar-refractivity contribution >= 4 is 11.6 Å². The number of alkyl halides is 2. The first-order chi connectivity index (χ1) is 18.4. The van der Waals surface area contributed by atoms with Gasteiger partial charge in [-0.2, -0.15) is 13.9 Å². The topological polar surface area (TPSA) is 84.7 Å². The number of nitrogens with one attached hydrogen (secondary N) is 1. The predicted octanol–water partition coefficient (Wildman–Crippen LogP) is 4.45. The van der Waals surface area contributed by atoms with E-state index in [0.717, 1.165) is 12.8 Å². The molecule has 1 saturated carbocycles. The second-order valence-corrected chi connectivity index (χ2v) is 9.99. The molecule has 0 saturated heterocycles. The second kappa shape index (κ2) is 8.52. The van der Waals surface area contributed by atoms with Gasteiger partial charge in [-0.25, -0.2) is 13.9 Å². The van der Waals surface area contributed by atoms with Crippen molar-refractivity contribution in [2.75, 3.05) is 7.05 Å². The van der Waals surface area contributed by atoms with Gasteiger partial charge in [0.1, 0.15) is 11.6 Å². The Morgan fingerprint density at radius 3 is 2.82 bits per heavy atom. The SMILES string of the molecule is CN1C(=O)c2cccc(OC(F)F)c2C2CC1c1nc3ccc(-c4cnc(CNC5CC5)c(F)c4)nn3c12. The van der Waals surface area contributed by atoms with Gasteiger partial charge in [-0.05, 0) is 49.6 Å². The normalized spacial score (nSPS) is 20.1. The third-order valence-electron chi connectivity index (χ3n) is 7.64. The van der Waals surface area contributed by atoms with E-state index >= 15 is 0 Å². The fourth-order valence-corrected chi connectivity index (χ4v) is 5.62. The molecule has 1 N–H and O–H groups in total. The van der Waals surface area contributed by atoms with Crippen LogP contribution in [0.3, 0.4) is 0 Å². The lowest BCUT2D eigenvalue weighted by Crippen LogP contribution is -2.30. The number of aromatic nitrogens is 4. The highest BCUT2D eigenvalue weighted by atomic mass is 19.3. The summed E-state index contributed by atoms with van der Waals surface area (Å²) in [5.74, 6) is -1.17. The number of halogens is 3. The summed E-state index contributed by atoms with van der Waals surface area (Å²) in [5, 5.41) is 8.03. The molecule has 38 heavy (non-hydrogen) atoms. The number of rotatable bonds is 6. The lowest BCUT2D eigenvalue weighted by Gasteiger charge is -2.23. The minimum atomic E-state index is -3.04. The van der Waals surface area contributed by atoms with Crippen LogP contribution in [0.15, 0.2) is 42.6 Å². The van der Waals surface area contributed by atoms with Crippen LogP contribution in [0.2, 0.25) is 0 Å². The molecule has 1 aromatic carbocycles. The number of benzene rings is 1. The van der Waals surface area contributed by atoms with Crippen molar-refractivity contribution in [3.05, 3.63) is 76.6 Å². The van der Waals surface area contributed by atoms with Gasteiger partial charge in [0.2, 0.25) is 0 Å². The van der Waals surface area contributed by atoms with Gasteiger partial charge in [-0.15, -0.1) is 0 Å². The molecule has 7 rings (SSSR count). The Morgan fingerprint density at radius 2 is 2.05 bits per heavy atom. The Labute approximate surface area is 215 Å². The van der Waals surface area contributed by atoms with Crippen molar-refractivity contribution in [2.45, 2.75) is 50.4 Å². The van der Waals surface area contributed by atoms with Crippen LogP contribution in [0.1, 0.15) is 64.2 Å². The van der Waals surface area contributed by atoms with Gasteiger partial charge in [0, 0.05) is 48.4 Å². The first kappa shape index (κ1) is 23.2. The lowest BCUT2D eigenvalue weighted by atomic mass is 9.91. The van der Waals surface area contributed by atoms with Gasteiger partial charge in [0.25, 0.3) is 5.91 Å². The predicted molar refractivity (Wildman–Crippen MR) is 130 cm³/mol. The molecule has 8 nitrogen and oxygen atoms in total. The van der Waals surface area contributed by atoms with Crippen molar-refractivity contribution in [2.24, 2.45) is 0 Å². The number of imidazole rings is 1. The molecule has 4 aromatic rings. The molecule has 2 atom stereocenters. The van der Waals surface area contributed by atoms with Crippen molar-refractivity contribution in [1.82, 2.24) is 29.8 Å². The molecular weight excluding hydrogens is 497 g/mol. The number of fused-ring (bicyclic) bond motifs is 9. The standard InChI is InChI=1S/C27H23F3N6O2/c1-35-20-10-16(23-15(26(35)37)3-2-4-21(23)38-27(29)30)25-24(20)33-22-8-7-18(34-36(22)25)13-9-17(28)19(32-11-13)12-31-14-5-6-14/h2-4,7-9,11,14,16,20,27,31H,5-6,10,12H2,1H3. The summed E-state index contributed by atoms with van der Waals surface area (Å²) in [6, 6.07) is 9.65. The first-order valence-electron chi connectivity index (χ1n) is 12.5. The Hall–Kier alpha value is -3.99. The highest BCUT2D eigenvalue weighted by Crippen LogP contribution is 2.52. The van der Waals surface area contributed by atoms with Crippen LogP contribution in [0, 0.1) is 5.82 Å². The summed E-state index contributed by atoms with van der Waals surface area (Å²) in [4.78, 5) is 23.9. The van der Waals surface area contributed by atoms with Crippen molar-refractivity contribution in [3.63, 3.8) is 0 Å². The van der Waals surface area contributed by atoms with Gasteiger partial charge < -0.3 is 15.0 Å². The highest BCUT2D eigenvalue weighted by Gasteiger charge is 2.46. The van der Waals surface area contributed by atoms with Crippen LogP contribution in [-0.4, -0.2) is 50.1 Å². The molecule has 0 radical (unpaired) electrons. The molecular formula is C27H23F3N6O2. The van der Waals surface area contributed by atoms with Crippen LogP contribution >= 0.6 is 0 Å². The van der Waals surface area contributed by atoms with Gasteiger partial charge in [0.15, 0.2) is 5.65 Å². The first-order valence-corrected chi connectivity index (χ1v) is 12.5. The summed E-state index contributed by atoms with van der Waals surface area (Å²) in [5.41, 5.74) is 3.99. The summed E-state index contributed by atoms with van der Waals surface area (Å²) in [6.07, 6.45) is 4.26. The quantitative estimate of drug-likeness (QED) is 0.405. The summed E-state index contributed by atoms with van der Waals surface area (Å²) in [7, 11) is 1.69. The summed E-state index contributed by atoms with van der Waals surface area (Å²) >= 11 is 0. The van der Waals surface area contributed by atoms with Gasteiger partial charge >= 0.3 is 6.61 Å². The van der Waals surface area contributed by atoms with Crippen LogP contribution in [0.5, 0.6) is 5.75 Å². The van der Waals surface area contributed by atoms with Crippen LogP contribution in [0.4, 0.5) is 13.2 Å². The van der Waals surface area contributed by atoms with E-state index in [0.29, 0.717) is 64.1 Å². The number of hydrogen-bond acceptors (Lipinski definition) is 6. The van der Waals surface area contributed by atoms with Crippen molar-refractivity contribution in [1.29, 1.82) is 0 Å². The maximum atomic E-state index is 14.8. The van der Waals surface area contributed by atoms with E-state index in [4.69, 9.17) is 14.8 Å². The molecule has 1 aliphatic heterocycles. The second-order valence-electron chi connectivity index (χ2n) is 9.99. The largest absolute Gasteiger partial charge is 0.434 e. The van der Waals surface area contributed by atoms with Gasteiger partial charge in [-0.3, -0.25) is 9.78 Å². The molecule has 1 amide bonds. The molecule has 4 heterocycles. The number of amides is 1. The van der Waals surface area contributed by atoms with E-state index in [-0.39, 0.29) is 17.7 Å².